The molecule has 100 valence electrons. The Balaban J connectivity index is 2.27. The third-order valence-corrected chi connectivity index (χ3v) is 2.89. The fourth-order valence-corrected chi connectivity index (χ4v) is 2.07. The molecule has 6 heteroatoms. The Bertz CT molecular complexity index is 670. The molecule has 0 bridgehead atoms. The maximum absolute atomic E-state index is 11.2. The number of nitrogen functional groups attached to an aromatic ring is 1. The van der Waals surface area contributed by atoms with Crippen LogP contribution in [-0.2, 0) is 10.0 Å². The Morgan fingerprint density at radius 1 is 1.11 bits per heavy atom. The lowest BCUT2D eigenvalue weighted by molar-refractivity contribution is 0.485. The van der Waals surface area contributed by atoms with Gasteiger partial charge in [-0.3, -0.25) is 4.72 Å². The van der Waals surface area contributed by atoms with Gasteiger partial charge in [-0.25, -0.2) is 8.42 Å². The van der Waals surface area contributed by atoms with E-state index in [9.17, 15) is 8.42 Å². The number of nitrogens with one attached hydrogen (secondary N) is 1. The highest BCUT2D eigenvalue weighted by atomic mass is 32.2. The van der Waals surface area contributed by atoms with Crippen LogP contribution in [-0.4, -0.2) is 14.7 Å². The van der Waals surface area contributed by atoms with E-state index in [0.29, 0.717) is 22.9 Å². The first-order chi connectivity index (χ1) is 8.94. The number of hydrogen-bond donors (Lipinski definition) is 2. The zero-order chi connectivity index (χ0) is 13.9. The van der Waals surface area contributed by atoms with Crippen molar-refractivity contribution in [3.8, 4) is 11.5 Å². The van der Waals surface area contributed by atoms with Crippen molar-refractivity contribution in [3.05, 3.63) is 48.5 Å². The average molecular weight is 278 g/mol. The van der Waals surface area contributed by atoms with Crippen molar-refractivity contribution in [2.45, 2.75) is 0 Å². The summed E-state index contributed by atoms with van der Waals surface area (Å²) in [6.07, 6.45) is 1.08. The number of rotatable bonds is 4. The molecule has 3 N–H and O–H groups in total. The molecule has 0 atom stereocenters. The summed E-state index contributed by atoms with van der Waals surface area (Å²) in [6.45, 7) is 0. The van der Waals surface area contributed by atoms with E-state index in [-0.39, 0.29) is 0 Å². The van der Waals surface area contributed by atoms with Crippen molar-refractivity contribution in [1.82, 2.24) is 0 Å². The minimum atomic E-state index is -3.33. The summed E-state index contributed by atoms with van der Waals surface area (Å²) < 4.78 is 30.3. The summed E-state index contributed by atoms with van der Waals surface area (Å²) in [6, 6.07) is 13.8. The number of sulfonamides is 1. The van der Waals surface area contributed by atoms with E-state index >= 15 is 0 Å². The second-order valence-electron chi connectivity index (χ2n) is 4.04. The van der Waals surface area contributed by atoms with Gasteiger partial charge in [0, 0.05) is 6.07 Å². The molecule has 0 saturated heterocycles. The summed E-state index contributed by atoms with van der Waals surface area (Å²) in [5.74, 6) is 1.03. The van der Waals surface area contributed by atoms with Gasteiger partial charge < -0.3 is 10.5 Å². The largest absolute Gasteiger partial charge is 0.455 e. The van der Waals surface area contributed by atoms with Crippen molar-refractivity contribution in [3.63, 3.8) is 0 Å². The highest BCUT2D eigenvalue weighted by Gasteiger charge is 2.07. The summed E-state index contributed by atoms with van der Waals surface area (Å²) in [7, 11) is -3.33. The molecule has 2 aromatic carbocycles. The van der Waals surface area contributed by atoms with Crippen LogP contribution < -0.4 is 15.2 Å². The summed E-state index contributed by atoms with van der Waals surface area (Å²) >= 11 is 0. The van der Waals surface area contributed by atoms with Gasteiger partial charge in [0.2, 0.25) is 10.0 Å². The van der Waals surface area contributed by atoms with Crippen LogP contribution in [0.5, 0.6) is 11.5 Å². The molecule has 0 heterocycles. The van der Waals surface area contributed by atoms with E-state index in [1.807, 2.05) is 18.2 Å². The normalized spacial score (nSPS) is 11.0. The molecular formula is C13H14N2O3S. The molecule has 2 rings (SSSR count). The number of hydrogen-bond acceptors (Lipinski definition) is 4. The van der Waals surface area contributed by atoms with Crippen molar-refractivity contribution in [2.24, 2.45) is 0 Å². The van der Waals surface area contributed by atoms with Crippen molar-refractivity contribution < 1.29 is 13.2 Å². The number of nitrogens with two attached hydrogens (primary N) is 1. The van der Waals surface area contributed by atoms with Gasteiger partial charge in [-0.15, -0.1) is 0 Å². The van der Waals surface area contributed by atoms with Crippen LogP contribution in [0.4, 0.5) is 11.4 Å². The zero-order valence-corrected chi connectivity index (χ0v) is 11.1. The lowest BCUT2D eigenvalue weighted by Gasteiger charge is -2.11. The van der Waals surface area contributed by atoms with E-state index in [1.54, 1.807) is 30.3 Å². The molecule has 0 aliphatic carbocycles. The fourth-order valence-electron chi connectivity index (χ4n) is 1.52. The van der Waals surface area contributed by atoms with E-state index in [4.69, 9.17) is 10.5 Å². The molecule has 0 aliphatic rings. The molecule has 5 nitrogen and oxygen atoms in total. The predicted molar refractivity (Wildman–Crippen MR) is 75.8 cm³/mol. The molecular weight excluding hydrogens is 264 g/mol. The SMILES string of the molecule is CS(=O)(=O)Nc1ccc(N)c(Oc2ccccc2)c1. The van der Waals surface area contributed by atoms with Crippen molar-refractivity contribution >= 4 is 21.4 Å². The molecule has 0 spiro atoms. The first kappa shape index (κ1) is 13.2. The number of benzene rings is 2. The van der Waals surface area contributed by atoms with Gasteiger partial charge in [0.1, 0.15) is 5.75 Å². The predicted octanol–water partition coefficient (Wildman–Crippen LogP) is 2.43. The quantitative estimate of drug-likeness (QED) is 0.842. The highest BCUT2D eigenvalue weighted by molar-refractivity contribution is 7.92. The summed E-state index contributed by atoms with van der Waals surface area (Å²) in [4.78, 5) is 0. The van der Waals surface area contributed by atoms with Crippen LogP contribution >= 0.6 is 0 Å². The number of ether oxygens (including phenoxy) is 1. The molecule has 2 aromatic rings. The van der Waals surface area contributed by atoms with Crippen LogP contribution in [0.15, 0.2) is 48.5 Å². The lowest BCUT2D eigenvalue weighted by atomic mass is 10.2. The number of para-hydroxylation sites is 1. The summed E-state index contributed by atoms with van der Waals surface area (Å²) in [5.41, 5.74) is 6.64. The topological polar surface area (TPSA) is 81.4 Å². The molecule has 0 unspecified atom stereocenters. The Hall–Kier alpha value is -2.21. The van der Waals surface area contributed by atoms with Gasteiger partial charge >= 0.3 is 0 Å². The molecule has 0 aromatic heterocycles. The van der Waals surface area contributed by atoms with Gasteiger partial charge in [0.15, 0.2) is 5.75 Å². The van der Waals surface area contributed by atoms with Gasteiger partial charge in [0.25, 0.3) is 0 Å². The van der Waals surface area contributed by atoms with Crippen molar-refractivity contribution in [1.29, 1.82) is 0 Å². The van der Waals surface area contributed by atoms with Crippen LogP contribution in [0.25, 0.3) is 0 Å². The third-order valence-electron chi connectivity index (χ3n) is 2.29. The highest BCUT2D eigenvalue weighted by Crippen LogP contribution is 2.30. The van der Waals surface area contributed by atoms with Crippen molar-refractivity contribution in [2.75, 3.05) is 16.7 Å². The second kappa shape index (κ2) is 5.19. The maximum atomic E-state index is 11.2. The van der Waals surface area contributed by atoms with Gasteiger partial charge in [-0.1, -0.05) is 18.2 Å². The van der Waals surface area contributed by atoms with Crippen LogP contribution in [0.2, 0.25) is 0 Å². The van der Waals surface area contributed by atoms with Gasteiger partial charge in [-0.2, -0.15) is 0 Å². The van der Waals surface area contributed by atoms with Crippen LogP contribution in [0.1, 0.15) is 0 Å². The average Bonchev–Trinajstić information content (AvgIpc) is 2.33. The zero-order valence-electron chi connectivity index (χ0n) is 10.3. The van der Waals surface area contributed by atoms with E-state index in [2.05, 4.69) is 4.72 Å². The van der Waals surface area contributed by atoms with Gasteiger partial charge in [0.05, 0.1) is 17.6 Å². The molecule has 0 amide bonds. The molecule has 0 aliphatic heterocycles. The lowest BCUT2D eigenvalue weighted by Crippen LogP contribution is -2.09. The molecule has 0 saturated carbocycles. The molecule has 0 radical (unpaired) electrons. The van der Waals surface area contributed by atoms with E-state index < -0.39 is 10.0 Å². The Kier molecular flexibility index (Phi) is 3.62. The monoisotopic (exact) mass is 278 g/mol. The fraction of sp³-hybridized carbons (Fsp3) is 0.0769. The smallest absolute Gasteiger partial charge is 0.229 e. The first-order valence-electron chi connectivity index (χ1n) is 5.54. The standard InChI is InChI=1S/C13H14N2O3S/c1-19(16,17)15-10-7-8-12(14)13(9-10)18-11-5-3-2-4-6-11/h2-9,15H,14H2,1H3. The number of anilines is 2. The Labute approximate surface area is 112 Å². The third kappa shape index (κ3) is 3.89. The second-order valence-corrected chi connectivity index (χ2v) is 5.79. The molecule has 0 fully saturated rings. The Morgan fingerprint density at radius 2 is 1.79 bits per heavy atom. The van der Waals surface area contributed by atoms with Crippen LogP contribution in [0, 0.1) is 0 Å². The molecule has 19 heavy (non-hydrogen) atoms. The minimum Gasteiger partial charge on any atom is -0.455 e. The van der Waals surface area contributed by atoms with Gasteiger partial charge in [-0.05, 0) is 24.3 Å². The summed E-state index contributed by atoms with van der Waals surface area (Å²) in [5, 5.41) is 0. The van der Waals surface area contributed by atoms with E-state index in [0.717, 1.165) is 6.26 Å². The van der Waals surface area contributed by atoms with E-state index in [1.165, 1.54) is 0 Å². The Morgan fingerprint density at radius 3 is 2.42 bits per heavy atom. The van der Waals surface area contributed by atoms with Crippen LogP contribution in [0.3, 0.4) is 0 Å². The first-order valence-corrected chi connectivity index (χ1v) is 7.43. The maximum Gasteiger partial charge on any atom is 0.229 e. The minimum absolute atomic E-state index is 0.403.